The number of rotatable bonds is 4. The quantitative estimate of drug-likeness (QED) is 0.669. The van der Waals surface area contributed by atoms with Gasteiger partial charge in [0.25, 0.3) is 5.69 Å². The summed E-state index contributed by atoms with van der Waals surface area (Å²) in [6.07, 6.45) is -0.733. The Kier molecular flexibility index (Phi) is 4.65. The van der Waals surface area contributed by atoms with E-state index in [1.807, 2.05) is 0 Å². The molecule has 0 aliphatic rings. The third kappa shape index (κ3) is 3.50. The highest BCUT2D eigenvalue weighted by Gasteiger charge is 2.17. The number of nitrogens with zero attached hydrogens (tertiary/aromatic N) is 1. The highest BCUT2D eigenvalue weighted by Crippen LogP contribution is 2.36. The minimum atomic E-state index is -0.733. The second-order valence-electron chi connectivity index (χ2n) is 4.22. The summed E-state index contributed by atoms with van der Waals surface area (Å²) >= 11 is 7.10. The number of nitro benzene ring substituents is 1. The van der Waals surface area contributed by atoms with Crippen LogP contribution in [0.25, 0.3) is 0 Å². The fourth-order valence-corrected chi connectivity index (χ4v) is 2.68. The van der Waals surface area contributed by atoms with E-state index in [9.17, 15) is 15.2 Å². The SMILES string of the molecule is CC(O)c1ccc(Sc2ccc(Cl)cc2)c([N+](=O)[O-])c1. The Morgan fingerprint density at radius 1 is 1.25 bits per heavy atom. The monoisotopic (exact) mass is 309 g/mol. The maximum absolute atomic E-state index is 11.1. The van der Waals surface area contributed by atoms with Crippen LogP contribution in [0.1, 0.15) is 18.6 Å². The molecular formula is C14H12ClNO3S. The van der Waals surface area contributed by atoms with Crippen molar-refractivity contribution in [1.29, 1.82) is 0 Å². The maximum Gasteiger partial charge on any atom is 0.283 e. The second kappa shape index (κ2) is 6.26. The number of nitro groups is 1. The largest absolute Gasteiger partial charge is 0.389 e. The van der Waals surface area contributed by atoms with Crippen LogP contribution in [0.3, 0.4) is 0 Å². The number of hydrogen-bond acceptors (Lipinski definition) is 4. The molecule has 20 heavy (non-hydrogen) atoms. The molecule has 0 saturated heterocycles. The van der Waals surface area contributed by atoms with Crippen molar-refractivity contribution in [2.45, 2.75) is 22.8 Å². The molecule has 0 spiro atoms. The summed E-state index contributed by atoms with van der Waals surface area (Å²) < 4.78 is 0. The van der Waals surface area contributed by atoms with Gasteiger partial charge in [0, 0.05) is 16.0 Å². The number of aliphatic hydroxyl groups is 1. The lowest BCUT2D eigenvalue weighted by Crippen LogP contribution is -1.96. The first-order valence-corrected chi connectivity index (χ1v) is 7.06. The van der Waals surface area contributed by atoms with Crippen LogP contribution in [-0.4, -0.2) is 10.0 Å². The Hall–Kier alpha value is -1.56. The number of hydrogen-bond donors (Lipinski definition) is 1. The summed E-state index contributed by atoms with van der Waals surface area (Å²) in [6.45, 7) is 1.57. The van der Waals surface area contributed by atoms with Gasteiger partial charge in [0.15, 0.2) is 0 Å². The van der Waals surface area contributed by atoms with E-state index in [0.717, 1.165) is 4.90 Å². The molecule has 104 valence electrons. The first-order valence-electron chi connectivity index (χ1n) is 5.87. The van der Waals surface area contributed by atoms with Crippen molar-refractivity contribution in [3.63, 3.8) is 0 Å². The van der Waals surface area contributed by atoms with Gasteiger partial charge < -0.3 is 5.11 Å². The van der Waals surface area contributed by atoms with Gasteiger partial charge in [-0.1, -0.05) is 29.4 Å². The predicted octanol–water partition coefficient (Wildman–Crippen LogP) is 4.45. The molecule has 0 saturated carbocycles. The third-order valence-corrected chi connectivity index (χ3v) is 4.03. The van der Waals surface area contributed by atoms with E-state index in [4.69, 9.17) is 11.6 Å². The minimum Gasteiger partial charge on any atom is -0.389 e. The second-order valence-corrected chi connectivity index (χ2v) is 5.77. The predicted molar refractivity (Wildman–Crippen MR) is 79.3 cm³/mol. The molecule has 2 aromatic rings. The molecule has 0 aliphatic heterocycles. The highest BCUT2D eigenvalue weighted by atomic mass is 35.5. The van der Waals surface area contributed by atoms with Crippen LogP contribution >= 0.6 is 23.4 Å². The summed E-state index contributed by atoms with van der Waals surface area (Å²) in [7, 11) is 0. The first kappa shape index (κ1) is 14.8. The Morgan fingerprint density at radius 2 is 1.90 bits per heavy atom. The fraction of sp³-hybridized carbons (Fsp3) is 0.143. The smallest absolute Gasteiger partial charge is 0.283 e. The number of benzene rings is 2. The summed E-state index contributed by atoms with van der Waals surface area (Å²) in [4.78, 5) is 12.1. The fourth-order valence-electron chi connectivity index (χ4n) is 1.65. The van der Waals surface area contributed by atoms with Gasteiger partial charge >= 0.3 is 0 Å². The molecule has 0 aromatic heterocycles. The molecule has 0 radical (unpaired) electrons. The Morgan fingerprint density at radius 3 is 2.45 bits per heavy atom. The van der Waals surface area contributed by atoms with Gasteiger partial charge in [-0.15, -0.1) is 0 Å². The standard InChI is InChI=1S/C14H12ClNO3S/c1-9(17)10-2-7-14(13(8-10)16(18)19)20-12-5-3-11(15)4-6-12/h2-9,17H,1H3. The lowest BCUT2D eigenvalue weighted by atomic mass is 10.1. The van der Waals surface area contributed by atoms with Crippen LogP contribution in [0.5, 0.6) is 0 Å². The van der Waals surface area contributed by atoms with Crippen molar-refractivity contribution >= 4 is 29.1 Å². The van der Waals surface area contributed by atoms with E-state index in [-0.39, 0.29) is 5.69 Å². The Labute approximate surface area is 125 Å². The summed E-state index contributed by atoms with van der Waals surface area (Å²) in [5, 5.41) is 21.2. The van der Waals surface area contributed by atoms with Crippen molar-refractivity contribution in [2.75, 3.05) is 0 Å². The van der Waals surface area contributed by atoms with E-state index in [1.165, 1.54) is 17.8 Å². The average Bonchev–Trinajstić information content (AvgIpc) is 2.41. The van der Waals surface area contributed by atoms with Crippen LogP contribution < -0.4 is 0 Å². The molecule has 6 heteroatoms. The zero-order valence-electron chi connectivity index (χ0n) is 10.6. The zero-order valence-corrected chi connectivity index (χ0v) is 12.2. The van der Waals surface area contributed by atoms with E-state index in [1.54, 1.807) is 43.3 Å². The molecule has 2 rings (SSSR count). The van der Waals surface area contributed by atoms with Crippen molar-refractivity contribution in [3.05, 3.63) is 63.2 Å². The van der Waals surface area contributed by atoms with Crippen molar-refractivity contribution in [3.8, 4) is 0 Å². The minimum absolute atomic E-state index is 0.0108. The molecule has 0 aliphatic carbocycles. The van der Waals surface area contributed by atoms with Crippen LogP contribution in [0.2, 0.25) is 5.02 Å². The summed E-state index contributed by atoms with van der Waals surface area (Å²) in [6, 6.07) is 11.8. The lowest BCUT2D eigenvalue weighted by Gasteiger charge is -2.07. The van der Waals surface area contributed by atoms with Gasteiger partial charge in [-0.3, -0.25) is 10.1 Å². The van der Waals surface area contributed by atoms with E-state index in [2.05, 4.69) is 0 Å². The molecule has 1 N–H and O–H groups in total. The molecule has 0 fully saturated rings. The molecule has 1 atom stereocenters. The molecule has 4 nitrogen and oxygen atoms in total. The Balaban J connectivity index is 2.35. The molecule has 2 aromatic carbocycles. The van der Waals surface area contributed by atoms with Gasteiger partial charge in [-0.2, -0.15) is 0 Å². The van der Waals surface area contributed by atoms with Gasteiger partial charge in [0.05, 0.1) is 15.9 Å². The molecule has 0 amide bonds. The van der Waals surface area contributed by atoms with Gasteiger partial charge in [0.1, 0.15) is 0 Å². The maximum atomic E-state index is 11.1. The van der Waals surface area contributed by atoms with E-state index in [0.29, 0.717) is 15.5 Å². The molecular weight excluding hydrogens is 298 g/mol. The lowest BCUT2D eigenvalue weighted by molar-refractivity contribution is -0.387. The van der Waals surface area contributed by atoms with Gasteiger partial charge in [-0.05, 0) is 42.8 Å². The molecule has 0 bridgehead atoms. The summed E-state index contributed by atoms with van der Waals surface area (Å²) in [5.41, 5.74) is 0.514. The molecule has 1 unspecified atom stereocenters. The number of aliphatic hydroxyl groups excluding tert-OH is 1. The van der Waals surface area contributed by atoms with E-state index < -0.39 is 11.0 Å². The summed E-state index contributed by atoms with van der Waals surface area (Å²) in [5.74, 6) is 0. The Bertz CT molecular complexity index is 629. The third-order valence-electron chi connectivity index (χ3n) is 2.70. The van der Waals surface area contributed by atoms with Crippen LogP contribution in [0.4, 0.5) is 5.69 Å². The van der Waals surface area contributed by atoms with Gasteiger partial charge in [-0.25, -0.2) is 0 Å². The van der Waals surface area contributed by atoms with Gasteiger partial charge in [0.2, 0.25) is 0 Å². The van der Waals surface area contributed by atoms with Crippen LogP contribution in [-0.2, 0) is 0 Å². The van der Waals surface area contributed by atoms with Crippen molar-refractivity contribution in [2.24, 2.45) is 0 Å². The average molecular weight is 310 g/mol. The first-order chi connectivity index (χ1) is 9.47. The van der Waals surface area contributed by atoms with E-state index >= 15 is 0 Å². The topological polar surface area (TPSA) is 63.4 Å². The normalized spacial score (nSPS) is 12.2. The molecule has 0 heterocycles. The van der Waals surface area contributed by atoms with Crippen LogP contribution in [0, 0.1) is 10.1 Å². The van der Waals surface area contributed by atoms with Crippen molar-refractivity contribution in [1.82, 2.24) is 0 Å². The zero-order chi connectivity index (χ0) is 14.7. The highest BCUT2D eigenvalue weighted by molar-refractivity contribution is 7.99. The van der Waals surface area contributed by atoms with Crippen LogP contribution in [0.15, 0.2) is 52.3 Å². The van der Waals surface area contributed by atoms with Crippen molar-refractivity contribution < 1.29 is 10.0 Å². The number of halogens is 1.